The SMILES string of the molecule is Cn1cc(CC(CNC(=O)C=Cc2ccc(N3CCCC3=O)cc2)C(N)=O)cn1. The Hall–Kier alpha value is -3.42. The summed E-state index contributed by atoms with van der Waals surface area (Å²) in [5.41, 5.74) is 8.06. The van der Waals surface area contributed by atoms with E-state index in [1.165, 1.54) is 6.08 Å². The Kier molecular flexibility index (Phi) is 6.43. The van der Waals surface area contributed by atoms with Gasteiger partial charge in [-0.1, -0.05) is 12.1 Å². The zero-order valence-electron chi connectivity index (χ0n) is 16.4. The third-order valence-electron chi connectivity index (χ3n) is 4.87. The van der Waals surface area contributed by atoms with E-state index in [1.807, 2.05) is 30.5 Å². The van der Waals surface area contributed by atoms with Crippen LogP contribution in [0.3, 0.4) is 0 Å². The number of carbonyl (C=O) groups excluding carboxylic acids is 3. The largest absolute Gasteiger partial charge is 0.369 e. The fourth-order valence-electron chi connectivity index (χ4n) is 3.28. The first-order valence-corrected chi connectivity index (χ1v) is 9.55. The van der Waals surface area contributed by atoms with Gasteiger partial charge in [-0.15, -0.1) is 0 Å². The number of carbonyl (C=O) groups is 3. The number of benzene rings is 1. The molecule has 0 aliphatic carbocycles. The van der Waals surface area contributed by atoms with Gasteiger partial charge in [-0.2, -0.15) is 5.10 Å². The molecule has 2 heterocycles. The van der Waals surface area contributed by atoms with Gasteiger partial charge in [0.25, 0.3) is 0 Å². The van der Waals surface area contributed by atoms with Crippen molar-refractivity contribution in [3.63, 3.8) is 0 Å². The van der Waals surface area contributed by atoms with Crippen molar-refractivity contribution in [1.29, 1.82) is 0 Å². The van der Waals surface area contributed by atoms with Crippen LogP contribution in [0.5, 0.6) is 0 Å². The molecule has 1 fully saturated rings. The van der Waals surface area contributed by atoms with Crippen molar-refractivity contribution in [3.05, 3.63) is 53.9 Å². The number of amides is 3. The first kappa shape index (κ1) is 20.3. The summed E-state index contributed by atoms with van der Waals surface area (Å²) < 4.78 is 1.65. The molecule has 0 radical (unpaired) electrons. The summed E-state index contributed by atoms with van der Waals surface area (Å²) in [5, 5.41) is 6.78. The van der Waals surface area contributed by atoms with Crippen molar-refractivity contribution in [2.75, 3.05) is 18.0 Å². The minimum absolute atomic E-state index is 0.142. The molecule has 0 spiro atoms. The van der Waals surface area contributed by atoms with Crippen LogP contribution in [-0.4, -0.2) is 40.6 Å². The summed E-state index contributed by atoms with van der Waals surface area (Å²) >= 11 is 0. The van der Waals surface area contributed by atoms with Crippen LogP contribution < -0.4 is 16.0 Å². The Balaban J connectivity index is 1.51. The standard InChI is InChI=1S/C21H25N5O3/c1-25-14-16(12-24-25)11-17(21(22)29)13-23-19(27)9-6-15-4-7-18(8-5-15)26-10-2-3-20(26)28/h4-9,12,14,17H,2-3,10-11,13H2,1H3,(H2,22,29)(H,23,27). The summed E-state index contributed by atoms with van der Waals surface area (Å²) in [6.07, 6.45) is 8.49. The number of anilines is 1. The molecule has 152 valence electrons. The molecule has 0 bridgehead atoms. The first-order valence-electron chi connectivity index (χ1n) is 9.55. The molecule has 1 aromatic heterocycles. The zero-order valence-corrected chi connectivity index (χ0v) is 16.4. The summed E-state index contributed by atoms with van der Waals surface area (Å²) in [4.78, 5) is 37.3. The number of aryl methyl sites for hydroxylation is 1. The second-order valence-electron chi connectivity index (χ2n) is 7.14. The molecule has 1 saturated heterocycles. The number of nitrogens with zero attached hydrogens (tertiary/aromatic N) is 3. The van der Waals surface area contributed by atoms with Gasteiger partial charge in [0.05, 0.1) is 12.1 Å². The normalized spacial score (nSPS) is 15.1. The number of primary amides is 1. The van der Waals surface area contributed by atoms with E-state index in [4.69, 9.17) is 5.73 Å². The predicted molar refractivity (Wildman–Crippen MR) is 110 cm³/mol. The van der Waals surface area contributed by atoms with Crippen molar-refractivity contribution in [1.82, 2.24) is 15.1 Å². The van der Waals surface area contributed by atoms with Crippen molar-refractivity contribution >= 4 is 29.5 Å². The predicted octanol–water partition coefficient (Wildman–Crippen LogP) is 1.02. The Morgan fingerprint density at radius 1 is 1.31 bits per heavy atom. The maximum absolute atomic E-state index is 12.1. The van der Waals surface area contributed by atoms with Gasteiger partial charge in [0.2, 0.25) is 17.7 Å². The van der Waals surface area contributed by atoms with Crippen molar-refractivity contribution in [3.8, 4) is 0 Å². The zero-order chi connectivity index (χ0) is 20.8. The molecule has 3 rings (SSSR count). The summed E-state index contributed by atoms with van der Waals surface area (Å²) in [6.45, 7) is 0.903. The Morgan fingerprint density at radius 2 is 2.07 bits per heavy atom. The molecule has 3 N–H and O–H groups in total. The van der Waals surface area contributed by atoms with E-state index in [2.05, 4.69) is 10.4 Å². The number of rotatable bonds is 8. The van der Waals surface area contributed by atoms with Gasteiger partial charge >= 0.3 is 0 Å². The van der Waals surface area contributed by atoms with Crippen LogP contribution in [0.2, 0.25) is 0 Å². The molecule has 1 unspecified atom stereocenters. The first-order chi connectivity index (χ1) is 13.9. The van der Waals surface area contributed by atoms with Crippen LogP contribution in [0.15, 0.2) is 42.7 Å². The summed E-state index contributed by atoms with van der Waals surface area (Å²) in [6, 6.07) is 7.47. The van der Waals surface area contributed by atoms with Gasteiger partial charge in [0, 0.05) is 44.5 Å². The van der Waals surface area contributed by atoms with Crippen LogP contribution in [-0.2, 0) is 27.9 Å². The molecular weight excluding hydrogens is 370 g/mol. The lowest BCUT2D eigenvalue weighted by molar-refractivity contribution is -0.122. The third-order valence-corrected chi connectivity index (χ3v) is 4.87. The number of hydrogen-bond acceptors (Lipinski definition) is 4. The minimum Gasteiger partial charge on any atom is -0.369 e. The maximum Gasteiger partial charge on any atom is 0.244 e. The monoisotopic (exact) mass is 395 g/mol. The van der Waals surface area contributed by atoms with Crippen LogP contribution in [0.1, 0.15) is 24.0 Å². The lowest BCUT2D eigenvalue weighted by Crippen LogP contribution is -2.36. The van der Waals surface area contributed by atoms with Gasteiger partial charge in [-0.3, -0.25) is 19.1 Å². The van der Waals surface area contributed by atoms with Crippen LogP contribution in [0.25, 0.3) is 6.08 Å². The second-order valence-corrected chi connectivity index (χ2v) is 7.14. The van der Waals surface area contributed by atoms with Gasteiger partial charge in [-0.25, -0.2) is 0 Å². The number of nitrogens with two attached hydrogens (primary N) is 1. The van der Waals surface area contributed by atoms with Crippen molar-refractivity contribution in [2.24, 2.45) is 18.7 Å². The number of aromatic nitrogens is 2. The van der Waals surface area contributed by atoms with Crippen LogP contribution in [0, 0.1) is 5.92 Å². The average Bonchev–Trinajstić information content (AvgIpc) is 3.31. The van der Waals surface area contributed by atoms with Crippen LogP contribution in [0.4, 0.5) is 5.69 Å². The van der Waals surface area contributed by atoms with E-state index >= 15 is 0 Å². The van der Waals surface area contributed by atoms with Crippen LogP contribution >= 0.6 is 0 Å². The van der Waals surface area contributed by atoms with E-state index in [0.717, 1.165) is 29.8 Å². The topological polar surface area (TPSA) is 110 Å². The molecule has 1 aromatic carbocycles. The van der Waals surface area contributed by atoms with Crippen molar-refractivity contribution < 1.29 is 14.4 Å². The molecular formula is C21H25N5O3. The van der Waals surface area contributed by atoms with Gasteiger partial charge in [0.15, 0.2) is 0 Å². The van der Waals surface area contributed by atoms with E-state index in [1.54, 1.807) is 28.9 Å². The molecule has 8 heteroatoms. The smallest absolute Gasteiger partial charge is 0.244 e. The highest BCUT2D eigenvalue weighted by Gasteiger charge is 2.21. The average molecular weight is 395 g/mol. The third kappa shape index (κ3) is 5.54. The second kappa shape index (κ2) is 9.18. The van der Waals surface area contributed by atoms with Gasteiger partial charge in [-0.05, 0) is 42.2 Å². The van der Waals surface area contributed by atoms with E-state index in [9.17, 15) is 14.4 Å². The minimum atomic E-state index is -0.506. The quantitative estimate of drug-likeness (QED) is 0.650. The molecule has 29 heavy (non-hydrogen) atoms. The lowest BCUT2D eigenvalue weighted by atomic mass is 10.0. The fraction of sp³-hybridized carbons (Fsp3) is 0.333. The summed E-state index contributed by atoms with van der Waals surface area (Å²) in [7, 11) is 1.80. The van der Waals surface area contributed by atoms with Gasteiger partial charge in [0.1, 0.15) is 0 Å². The number of hydrogen-bond donors (Lipinski definition) is 2. The Bertz CT molecular complexity index is 917. The number of nitrogens with one attached hydrogen (secondary N) is 1. The molecule has 3 amide bonds. The van der Waals surface area contributed by atoms with E-state index < -0.39 is 11.8 Å². The highest BCUT2D eigenvalue weighted by molar-refractivity contribution is 5.95. The fourth-order valence-corrected chi connectivity index (χ4v) is 3.28. The maximum atomic E-state index is 12.1. The Morgan fingerprint density at radius 3 is 2.66 bits per heavy atom. The highest BCUT2D eigenvalue weighted by Crippen LogP contribution is 2.21. The summed E-state index contributed by atoms with van der Waals surface area (Å²) in [5.74, 6) is -1.14. The Labute approximate surface area is 169 Å². The molecule has 1 atom stereocenters. The molecule has 0 saturated carbocycles. The van der Waals surface area contributed by atoms with E-state index in [0.29, 0.717) is 12.8 Å². The molecule has 8 nitrogen and oxygen atoms in total. The molecule has 1 aliphatic heterocycles. The van der Waals surface area contributed by atoms with Crippen molar-refractivity contribution in [2.45, 2.75) is 19.3 Å². The van der Waals surface area contributed by atoms with E-state index in [-0.39, 0.29) is 18.4 Å². The lowest BCUT2D eigenvalue weighted by Gasteiger charge is -2.15. The molecule has 1 aliphatic rings. The highest BCUT2D eigenvalue weighted by atomic mass is 16.2. The van der Waals surface area contributed by atoms with Gasteiger partial charge < -0.3 is 16.0 Å². The molecule has 2 aromatic rings.